The van der Waals surface area contributed by atoms with Crippen molar-refractivity contribution in [3.8, 4) is 5.75 Å². The number of aromatic nitrogens is 2. The van der Waals surface area contributed by atoms with Gasteiger partial charge in [-0.3, -0.25) is 14.8 Å². The lowest BCUT2D eigenvalue weighted by molar-refractivity contribution is -0.0979. The quantitative estimate of drug-likeness (QED) is 0.721. The SMILES string of the molecule is C=O.CCN=Cc1[nH]n(Cc2cc(C3=CCCC=C3)ccc2OC)c1CC.[HH]. The maximum absolute atomic E-state index is 8.00. The van der Waals surface area contributed by atoms with E-state index in [2.05, 4.69) is 58.1 Å². The molecule has 0 saturated heterocycles. The van der Waals surface area contributed by atoms with Crippen molar-refractivity contribution < 1.29 is 11.0 Å². The fourth-order valence-corrected chi connectivity index (χ4v) is 3.25. The molecule has 0 saturated carbocycles. The molecule has 0 bridgehead atoms. The molecule has 0 unspecified atom stereocenters. The zero-order valence-corrected chi connectivity index (χ0v) is 16.5. The Hall–Kier alpha value is -2.82. The van der Waals surface area contributed by atoms with Crippen LogP contribution in [0, 0.1) is 0 Å². The van der Waals surface area contributed by atoms with E-state index in [4.69, 9.17) is 9.53 Å². The topological polar surface area (TPSA) is 59.4 Å². The standard InChI is InChI=1S/C21H27N3O.CH2O.H2/c1-4-20-19(14-22-5-2)23-24(20)15-18-13-17(11-12-21(18)25-3)16-9-7-6-8-10-16;1-2;/h7,9-14,23H,4-6,8,15H2,1-3H3;1H2;1H. The normalized spacial score (nSPS) is 13.4. The minimum Gasteiger partial charge on any atom is -0.496 e. The third-order valence-corrected chi connectivity index (χ3v) is 4.57. The summed E-state index contributed by atoms with van der Waals surface area (Å²) in [5, 5.41) is 3.39. The summed E-state index contributed by atoms with van der Waals surface area (Å²) in [5.41, 5.74) is 6.15. The predicted molar refractivity (Wildman–Crippen MR) is 114 cm³/mol. The van der Waals surface area contributed by atoms with E-state index >= 15 is 0 Å². The summed E-state index contributed by atoms with van der Waals surface area (Å²) in [6.07, 6.45) is 11.9. The van der Waals surface area contributed by atoms with Gasteiger partial charge in [-0.05, 0) is 49.5 Å². The average molecular weight is 370 g/mol. The smallest absolute Gasteiger partial charge is 0.123 e. The number of ether oxygens (including phenoxy) is 1. The number of aromatic amines is 1. The number of nitrogens with one attached hydrogen (secondary N) is 1. The molecule has 1 heterocycles. The highest BCUT2D eigenvalue weighted by Gasteiger charge is 2.14. The number of methoxy groups -OCH3 is 1. The number of nitrogens with zero attached hydrogens (tertiary/aromatic N) is 2. The molecule has 146 valence electrons. The van der Waals surface area contributed by atoms with Crippen molar-refractivity contribution in [3.05, 3.63) is 58.9 Å². The van der Waals surface area contributed by atoms with E-state index < -0.39 is 0 Å². The molecule has 3 rings (SSSR count). The maximum atomic E-state index is 8.00. The van der Waals surface area contributed by atoms with Gasteiger partial charge in [0.1, 0.15) is 12.5 Å². The Balaban J connectivity index is 0.00000127. The van der Waals surface area contributed by atoms with Gasteiger partial charge in [-0.2, -0.15) is 0 Å². The first kappa shape index (κ1) is 20.5. The summed E-state index contributed by atoms with van der Waals surface area (Å²) in [7, 11) is 1.73. The van der Waals surface area contributed by atoms with Crippen LogP contribution >= 0.6 is 0 Å². The summed E-state index contributed by atoms with van der Waals surface area (Å²) in [5.74, 6) is 0.928. The molecule has 27 heavy (non-hydrogen) atoms. The molecule has 0 fully saturated rings. The molecular weight excluding hydrogens is 338 g/mol. The Morgan fingerprint density at radius 1 is 1.33 bits per heavy atom. The van der Waals surface area contributed by atoms with Crippen LogP contribution in [0.1, 0.15) is 50.6 Å². The molecular formula is C22H31N3O2. The molecule has 5 nitrogen and oxygen atoms in total. The summed E-state index contributed by atoms with van der Waals surface area (Å²) in [6, 6.07) is 6.46. The van der Waals surface area contributed by atoms with Crippen LogP contribution in [-0.2, 0) is 17.8 Å². The number of allylic oxidation sites excluding steroid dienone is 4. The van der Waals surface area contributed by atoms with Crippen LogP contribution in [-0.4, -0.2) is 36.4 Å². The fourth-order valence-electron chi connectivity index (χ4n) is 3.25. The van der Waals surface area contributed by atoms with E-state index in [9.17, 15) is 0 Å². The Labute approximate surface area is 162 Å². The lowest BCUT2D eigenvalue weighted by Crippen LogP contribution is -2.22. The molecule has 1 N–H and O–H groups in total. The monoisotopic (exact) mass is 369 g/mol. The van der Waals surface area contributed by atoms with Crippen LogP contribution in [0.25, 0.3) is 5.57 Å². The summed E-state index contributed by atoms with van der Waals surface area (Å²) in [4.78, 5) is 12.3. The van der Waals surface area contributed by atoms with E-state index in [1.165, 1.54) is 22.4 Å². The molecule has 0 radical (unpaired) electrons. The summed E-state index contributed by atoms with van der Waals surface area (Å²) < 4.78 is 7.77. The van der Waals surface area contributed by atoms with Gasteiger partial charge in [0.05, 0.1) is 25.0 Å². The molecule has 1 aromatic carbocycles. The highest BCUT2D eigenvalue weighted by molar-refractivity contribution is 5.79. The lowest BCUT2D eigenvalue weighted by Gasteiger charge is -2.22. The lowest BCUT2D eigenvalue weighted by atomic mass is 9.97. The Kier molecular flexibility index (Phi) is 7.86. The van der Waals surface area contributed by atoms with E-state index in [-0.39, 0.29) is 1.43 Å². The van der Waals surface area contributed by atoms with E-state index in [0.29, 0.717) is 0 Å². The molecule has 1 aliphatic rings. The number of carbonyl (C=O) groups excluding carboxylic acids is 1. The first-order chi connectivity index (χ1) is 13.3. The summed E-state index contributed by atoms with van der Waals surface area (Å²) >= 11 is 0. The highest BCUT2D eigenvalue weighted by atomic mass is 16.5. The van der Waals surface area contributed by atoms with Crippen LogP contribution in [0.5, 0.6) is 5.75 Å². The van der Waals surface area contributed by atoms with Crippen molar-refractivity contribution >= 4 is 18.6 Å². The van der Waals surface area contributed by atoms with Crippen LogP contribution in [0.4, 0.5) is 0 Å². The number of H-pyrrole nitrogens is 1. The molecule has 5 heteroatoms. The molecule has 1 aliphatic carbocycles. The molecule has 2 aromatic rings. The third-order valence-electron chi connectivity index (χ3n) is 4.57. The Bertz CT molecular complexity index is 831. The average Bonchev–Trinajstić information content (AvgIpc) is 2.72. The van der Waals surface area contributed by atoms with E-state index in [1.54, 1.807) is 7.11 Å². The zero-order valence-electron chi connectivity index (χ0n) is 16.5. The van der Waals surface area contributed by atoms with Crippen LogP contribution in [0.2, 0.25) is 0 Å². The molecule has 0 atom stereocenters. The zero-order chi connectivity index (χ0) is 19.6. The second kappa shape index (κ2) is 10.4. The third kappa shape index (κ3) is 4.88. The van der Waals surface area contributed by atoms with Gasteiger partial charge in [0, 0.05) is 19.7 Å². The van der Waals surface area contributed by atoms with Gasteiger partial charge in [0.25, 0.3) is 0 Å². The number of aliphatic imine (C=N–C) groups is 1. The first-order valence-corrected chi connectivity index (χ1v) is 9.36. The fraction of sp³-hybridized carbons (Fsp3) is 0.364. The van der Waals surface area contributed by atoms with Gasteiger partial charge >= 0.3 is 0 Å². The van der Waals surface area contributed by atoms with Gasteiger partial charge in [0.2, 0.25) is 0 Å². The summed E-state index contributed by atoms with van der Waals surface area (Å²) in [6.45, 7) is 7.80. The minimum absolute atomic E-state index is 0. The van der Waals surface area contributed by atoms with Gasteiger partial charge in [-0.15, -0.1) is 0 Å². The maximum Gasteiger partial charge on any atom is 0.123 e. The number of carbonyl (C=O) groups is 1. The van der Waals surface area contributed by atoms with Gasteiger partial charge in [0.15, 0.2) is 0 Å². The predicted octanol–water partition coefficient (Wildman–Crippen LogP) is 4.67. The van der Waals surface area contributed by atoms with E-state index in [1.807, 2.05) is 19.9 Å². The molecule has 0 spiro atoms. The van der Waals surface area contributed by atoms with Crippen molar-refractivity contribution in [2.45, 2.75) is 39.7 Å². The highest BCUT2D eigenvalue weighted by Crippen LogP contribution is 2.28. The van der Waals surface area contributed by atoms with Crippen LogP contribution < -0.4 is 4.74 Å². The van der Waals surface area contributed by atoms with Crippen molar-refractivity contribution in [1.82, 2.24) is 9.78 Å². The van der Waals surface area contributed by atoms with E-state index in [0.717, 1.165) is 43.8 Å². The van der Waals surface area contributed by atoms with Crippen LogP contribution in [0.3, 0.4) is 0 Å². The van der Waals surface area contributed by atoms with Crippen molar-refractivity contribution in [2.24, 2.45) is 4.99 Å². The molecule has 0 amide bonds. The second-order valence-electron chi connectivity index (χ2n) is 6.21. The first-order valence-electron chi connectivity index (χ1n) is 9.36. The minimum atomic E-state index is 0. The number of rotatable bonds is 7. The van der Waals surface area contributed by atoms with Gasteiger partial charge in [-0.25, -0.2) is 0 Å². The van der Waals surface area contributed by atoms with Gasteiger partial charge < -0.3 is 9.53 Å². The Morgan fingerprint density at radius 2 is 2.15 bits per heavy atom. The van der Waals surface area contributed by atoms with Crippen LogP contribution in [0.15, 0.2) is 41.4 Å². The molecule has 1 aromatic heterocycles. The Morgan fingerprint density at radius 3 is 2.78 bits per heavy atom. The number of hydrogen-bond acceptors (Lipinski definition) is 3. The molecule has 0 aliphatic heterocycles. The van der Waals surface area contributed by atoms with Crippen molar-refractivity contribution in [2.75, 3.05) is 13.7 Å². The number of benzene rings is 1. The largest absolute Gasteiger partial charge is 0.496 e. The number of hydrogen-bond donors (Lipinski definition) is 1. The van der Waals surface area contributed by atoms with Gasteiger partial charge in [-0.1, -0.05) is 31.2 Å². The second-order valence-corrected chi connectivity index (χ2v) is 6.21. The van der Waals surface area contributed by atoms with Crippen molar-refractivity contribution in [1.29, 1.82) is 0 Å². The van der Waals surface area contributed by atoms with Crippen molar-refractivity contribution in [3.63, 3.8) is 0 Å².